The van der Waals surface area contributed by atoms with Crippen LogP contribution in [0.15, 0.2) is 66.9 Å². The molecule has 0 saturated carbocycles. The quantitative estimate of drug-likeness (QED) is 0.636. The lowest BCUT2D eigenvalue weighted by molar-refractivity contribution is 1.33. The predicted molar refractivity (Wildman–Crippen MR) is 77.1 cm³/mol. The molecule has 0 saturated heterocycles. The average Bonchev–Trinajstić information content (AvgIpc) is 2.46. The van der Waals surface area contributed by atoms with Crippen molar-refractivity contribution in [3.05, 3.63) is 78.1 Å². The summed E-state index contributed by atoms with van der Waals surface area (Å²) in [7, 11) is 0. The minimum absolute atomic E-state index is 1.01. The minimum Gasteiger partial charge on any atom is -0.256 e. The average molecular weight is 231 g/mol. The molecule has 1 nitrogen and oxygen atoms in total. The maximum absolute atomic E-state index is 4.44. The summed E-state index contributed by atoms with van der Waals surface area (Å²) in [6.07, 6.45) is 6.01. The summed E-state index contributed by atoms with van der Waals surface area (Å²) in [5.41, 5.74) is 2.20. The Morgan fingerprint density at radius 2 is 1.50 bits per heavy atom. The third-order valence-electron chi connectivity index (χ3n) is 2.94. The molecule has 0 aliphatic carbocycles. The Morgan fingerprint density at radius 1 is 0.722 bits per heavy atom. The monoisotopic (exact) mass is 231 g/mol. The molecule has 0 radical (unpaired) electrons. The van der Waals surface area contributed by atoms with E-state index < -0.39 is 0 Å². The molecule has 86 valence electrons. The normalized spacial score (nSPS) is 11.1. The van der Waals surface area contributed by atoms with Crippen molar-refractivity contribution in [2.75, 3.05) is 0 Å². The number of fused-ring (bicyclic) bond motifs is 1. The molecule has 1 aromatic heterocycles. The van der Waals surface area contributed by atoms with E-state index in [-0.39, 0.29) is 0 Å². The zero-order chi connectivity index (χ0) is 12.2. The number of aromatic nitrogens is 1. The lowest BCUT2D eigenvalue weighted by atomic mass is 10.1. The van der Waals surface area contributed by atoms with Crippen LogP contribution in [0, 0.1) is 0 Å². The summed E-state index contributed by atoms with van der Waals surface area (Å²) in [4.78, 5) is 4.44. The first-order valence-electron chi connectivity index (χ1n) is 6.00. The van der Waals surface area contributed by atoms with Gasteiger partial charge in [0, 0.05) is 11.6 Å². The topological polar surface area (TPSA) is 12.9 Å². The summed E-state index contributed by atoms with van der Waals surface area (Å²) in [6, 6.07) is 20.6. The molecule has 0 bridgehead atoms. The van der Waals surface area contributed by atoms with Crippen LogP contribution in [-0.2, 0) is 0 Å². The molecule has 0 aliphatic rings. The van der Waals surface area contributed by atoms with Crippen LogP contribution in [-0.4, -0.2) is 4.98 Å². The molecule has 0 N–H and O–H groups in total. The Kier molecular flexibility index (Phi) is 2.89. The van der Waals surface area contributed by atoms with Gasteiger partial charge in [-0.05, 0) is 23.1 Å². The number of pyridine rings is 1. The van der Waals surface area contributed by atoms with Crippen molar-refractivity contribution in [3.8, 4) is 0 Å². The van der Waals surface area contributed by atoms with Gasteiger partial charge in [-0.1, -0.05) is 60.7 Å². The summed E-state index contributed by atoms with van der Waals surface area (Å²) in [5.74, 6) is 0. The highest BCUT2D eigenvalue weighted by Crippen LogP contribution is 2.18. The van der Waals surface area contributed by atoms with Gasteiger partial charge < -0.3 is 0 Å². The molecule has 2 aromatic carbocycles. The fourth-order valence-corrected chi connectivity index (χ4v) is 2.02. The Labute approximate surface area is 106 Å². The van der Waals surface area contributed by atoms with Crippen LogP contribution in [0.2, 0.25) is 0 Å². The molecule has 0 fully saturated rings. The maximum Gasteiger partial charge on any atom is 0.0708 e. The second-order valence-corrected chi connectivity index (χ2v) is 4.16. The van der Waals surface area contributed by atoms with Crippen LogP contribution in [0.3, 0.4) is 0 Å². The van der Waals surface area contributed by atoms with Gasteiger partial charge in [0.05, 0.1) is 5.69 Å². The SMILES string of the molecule is C(=Cc1nccc2ccccc12)c1ccccc1. The molecule has 3 aromatic rings. The van der Waals surface area contributed by atoms with E-state index in [0.717, 1.165) is 5.69 Å². The van der Waals surface area contributed by atoms with E-state index in [9.17, 15) is 0 Å². The van der Waals surface area contributed by atoms with Crippen molar-refractivity contribution < 1.29 is 0 Å². The minimum atomic E-state index is 1.01. The van der Waals surface area contributed by atoms with Crippen LogP contribution < -0.4 is 0 Å². The van der Waals surface area contributed by atoms with Gasteiger partial charge >= 0.3 is 0 Å². The Balaban J connectivity index is 2.03. The van der Waals surface area contributed by atoms with Crippen molar-refractivity contribution in [3.63, 3.8) is 0 Å². The number of hydrogen-bond acceptors (Lipinski definition) is 1. The highest BCUT2D eigenvalue weighted by atomic mass is 14.7. The molecule has 18 heavy (non-hydrogen) atoms. The van der Waals surface area contributed by atoms with Crippen molar-refractivity contribution in [1.29, 1.82) is 0 Å². The van der Waals surface area contributed by atoms with Crippen LogP contribution in [0.1, 0.15) is 11.3 Å². The fourth-order valence-electron chi connectivity index (χ4n) is 2.02. The van der Waals surface area contributed by atoms with Gasteiger partial charge in [0.2, 0.25) is 0 Å². The Hall–Kier alpha value is -2.41. The predicted octanol–water partition coefficient (Wildman–Crippen LogP) is 4.41. The van der Waals surface area contributed by atoms with Gasteiger partial charge in [-0.25, -0.2) is 0 Å². The second-order valence-electron chi connectivity index (χ2n) is 4.16. The largest absolute Gasteiger partial charge is 0.256 e. The first kappa shape index (κ1) is 10.7. The van der Waals surface area contributed by atoms with Crippen LogP contribution >= 0.6 is 0 Å². The zero-order valence-electron chi connectivity index (χ0n) is 9.95. The van der Waals surface area contributed by atoms with Gasteiger partial charge in [-0.3, -0.25) is 4.98 Å². The maximum atomic E-state index is 4.44. The summed E-state index contributed by atoms with van der Waals surface area (Å²) >= 11 is 0. The van der Waals surface area contributed by atoms with Crippen molar-refractivity contribution in [1.82, 2.24) is 4.98 Å². The van der Waals surface area contributed by atoms with Crippen molar-refractivity contribution in [2.45, 2.75) is 0 Å². The van der Waals surface area contributed by atoms with Gasteiger partial charge in [0.1, 0.15) is 0 Å². The lowest BCUT2D eigenvalue weighted by Gasteiger charge is -2.00. The molecule has 0 unspecified atom stereocenters. The summed E-state index contributed by atoms with van der Waals surface area (Å²) in [6.45, 7) is 0. The van der Waals surface area contributed by atoms with Gasteiger partial charge in [0.15, 0.2) is 0 Å². The smallest absolute Gasteiger partial charge is 0.0708 e. The van der Waals surface area contributed by atoms with Crippen molar-refractivity contribution >= 4 is 22.9 Å². The Morgan fingerprint density at radius 3 is 2.39 bits per heavy atom. The van der Waals surface area contributed by atoms with Crippen LogP contribution in [0.25, 0.3) is 22.9 Å². The fraction of sp³-hybridized carbons (Fsp3) is 0. The third-order valence-corrected chi connectivity index (χ3v) is 2.94. The van der Waals surface area contributed by atoms with Gasteiger partial charge in [-0.2, -0.15) is 0 Å². The zero-order valence-corrected chi connectivity index (χ0v) is 9.95. The molecule has 0 spiro atoms. The Bertz CT molecular complexity index is 679. The van der Waals surface area contributed by atoms with E-state index in [4.69, 9.17) is 0 Å². The molecule has 1 heteroatoms. The number of benzene rings is 2. The molecular weight excluding hydrogens is 218 g/mol. The standard InChI is InChI=1S/C17H13N/c1-2-6-14(7-3-1)10-11-17-16-9-5-4-8-15(16)12-13-18-17/h1-13H. The van der Waals surface area contributed by atoms with E-state index in [1.54, 1.807) is 0 Å². The van der Waals surface area contributed by atoms with E-state index in [1.165, 1.54) is 16.3 Å². The van der Waals surface area contributed by atoms with Crippen molar-refractivity contribution in [2.24, 2.45) is 0 Å². The molecule has 0 aliphatic heterocycles. The first-order valence-corrected chi connectivity index (χ1v) is 6.00. The van der Waals surface area contributed by atoms with E-state index in [2.05, 4.69) is 41.4 Å². The van der Waals surface area contributed by atoms with E-state index in [1.807, 2.05) is 42.6 Å². The number of rotatable bonds is 2. The third kappa shape index (κ3) is 2.16. The molecule has 0 atom stereocenters. The van der Waals surface area contributed by atoms with Crippen LogP contribution in [0.5, 0.6) is 0 Å². The molecular formula is C17H13N. The number of nitrogens with zero attached hydrogens (tertiary/aromatic N) is 1. The molecule has 3 rings (SSSR count). The highest BCUT2D eigenvalue weighted by Gasteiger charge is 1.97. The summed E-state index contributed by atoms with van der Waals surface area (Å²) in [5, 5.41) is 2.41. The number of hydrogen-bond donors (Lipinski definition) is 0. The summed E-state index contributed by atoms with van der Waals surface area (Å²) < 4.78 is 0. The molecule has 1 heterocycles. The first-order chi connectivity index (χ1) is 8.93. The highest BCUT2D eigenvalue weighted by molar-refractivity contribution is 5.90. The second kappa shape index (κ2) is 4.84. The van der Waals surface area contributed by atoms with Gasteiger partial charge in [0.25, 0.3) is 0 Å². The van der Waals surface area contributed by atoms with Gasteiger partial charge in [-0.15, -0.1) is 0 Å². The van der Waals surface area contributed by atoms with Crippen LogP contribution in [0.4, 0.5) is 0 Å². The van der Waals surface area contributed by atoms with E-state index >= 15 is 0 Å². The molecule has 0 amide bonds. The van der Waals surface area contributed by atoms with E-state index in [0.29, 0.717) is 0 Å². The lowest BCUT2D eigenvalue weighted by Crippen LogP contribution is -1.82.